The van der Waals surface area contributed by atoms with Crippen LogP contribution in [0.1, 0.15) is 26.4 Å². The van der Waals surface area contributed by atoms with Crippen molar-refractivity contribution in [3.05, 3.63) is 33.2 Å². The first kappa shape index (κ1) is 8.64. The number of aromatic nitrogens is 1. The van der Waals surface area contributed by atoms with Crippen molar-refractivity contribution < 1.29 is 9.59 Å². The van der Waals surface area contributed by atoms with Gasteiger partial charge in [-0.2, -0.15) is 0 Å². The molecule has 1 aliphatic heterocycles. The number of amides is 2. The van der Waals surface area contributed by atoms with Gasteiger partial charge < -0.3 is 4.98 Å². The van der Waals surface area contributed by atoms with Gasteiger partial charge in [0.1, 0.15) is 5.56 Å². The fourth-order valence-corrected chi connectivity index (χ4v) is 1.41. The summed E-state index contributed by atoms with van der Waals surface area (Å²) in [5.74, 6) is 3.77. The highest BCUT2D eigenvalue weighted by Gasteiger charge is 2.36. The minimum absolute atomic E-state index is 0.0683. The summed E-state index contributed by atoms with van der Waals surface area (Å²) < 4.78 is 0. The number of imide groups is 1. The molecule has 0 fully saturated rings. The second-order valence-electron chi connectivity index (χ2n) is 3.05. The molecule has 72 valence electrons. The molecule has 14 heavy (non-hydrogen) atoms. The van der Waals surface area contributed by atoms with Gasteiger partial charge in [0.05, 0.1) is 5.56 Å². The van der Waals surface area contributed by atoms with E-state index in [0.717, 1.165) is 0 Å². The lowest BCUT2D eigenvalue weighted by molar-refractivity contribution is 0.0653. The number of aromatic amines is 1. The lowest BCUT2D eigenvalue weighted by Gasteiger charge is -2.01. The van der Waals surface area contributed by atoms with Crippen LogP contribution in [0.3, 0.4) is 0 Å². The fraction of sp³-hybridized carbons (Fsp3) is 0.125. The molecule has 2 amide bonds. The third kappa shape index (κ3) is 0.912. The first-order chi connectivity index (χ1) is 6.52. The lowest BCUT2D eigenvalue weighted by Crippen LogP contribution is -2.37. The maximum absolute atomic E-state index is 11.3. The Morgan fingerprint density at radius 2 is 1.93 bits per heavy atom. The molecule has 6 nitrogen and oxygen atoms in total. The van der Waals surface area contributed by atoms with E-state index in [1.54, 1.807) is 6.92 Å². The van der Waals surface area contributed by atoms with Crippen molar-refractivity contribution in [2.75, 3.05) is 0 Å². The molecule has 0 unspecified atom stereocenters. The minimum Gasteiger partial charge on any atom is -0.326 e. The van der Waals surface area contributed by atoms with E-state index in [1.807, 2.05) is 0 Å². The van der Waals surface area contributed by atoms with Crippen molar-refractivity contribution in [1.29, 1.82) is 0 Å². The van der Waals surface area contributed by atoms with Crippen molar-refractivity contribution >= 4 is 11.8 Å². The number of aryl methyl sites for hydroxylation is 1. The third-order valence-corrected chi connectivity index (χ3v) is 2.05. The molecule has 0 bridgehead atoms. The summed E-state index contributed by atoms with van der Waals surface area (Å²) in [7, 11) is 0. The Hall–Kier alpha value is -1.95. The maximum Gasteiger partial charge on any atom is 0.281 e. The Kier molecular flexibility index (Phi) is 1.55. The van der Waals surface area contributed by atoms with Crippen LogP contribution in [0, 0.1) is 6.92 Å². The Bertz CT molecular complexity index is 503. The summed E-state index contributed by atoms with van der Waals surface area (Å²) in [6, 6.07) is 1.43. The zero-order chi connectivity index (χ0) is 10.5. The van der Waals surface area contributed by atoms with Gasteiger partial charge >= 0.3 is 0 Å². The molecule has 0 aromatic carbocycles. The average molecular weight is 193 g/mol. The first-order valence-corrected chi connectivity index (χ1v) is 3.90. The summed E-state index contributed by atoms with van der Waals surface area (Å²) >= 11 is 0. The van der Waals surface area contributed by atoms with Crippen LogP contribution in [0.25, 0.3) is 0 Å². The molecule has 1 aliphatic rings. The molecule has 2 rings (SSSR count). The van der Waals surface area contributed by atoms with Crippen LogP contribution in [-0.4, -0.2) is 21.8 Å². The number of nitrogens with two attached hydrogens (primary N) is 1. The van der Waals surface area contributed by atoms with E-state index in [0.29, 0.717) is 10.7 Å². The molecule has 3 N–H and O–H groups in total. The number of carbonyl (C=O) groups excluding carboxylic acids is 2. The highest BCUT2D eigenvalue weighted by molar-refractivity contribution is 6.20. The van der Waals surface area contributed by atoms with Crippen LogP contribution < -0.4 is 11.4 Å². The van der Waals surface area contributed by atoms with Crippen LogP contribution in [0.5, 0.6) is 0 Å². The van der Waals surface area contributed by atoms with Gasteiger partial charge in [0, 0.05) is 5.69 Å². The fourth-order valence-electron chi connectivity index (χ4n) is 1.41. The first-order valence-electron chi connectivity index (χ1n) is 3.90. The Morgan fingerprint density at radius 3 is 2.57 bits per heavy atom. The zero-order valence-electron chi connectivity index (χ0n) is 7.33. The smallest absolute Gasteiger partial charge is 0.281 e. The van der Waals surface area contributed by atoms with Gasteiger partial charge in [-0.05, 0) is 13.0 Å². The molecule has 0 atom stereocenters. The summed E-state index contributed by atoms with van der Waals surface area (Å²) in [5, 5.41) is 0.444. The topological polar surface area (TPSA) is 96.3 Å². The Balaban J connectivity index is 2.82. The van der Waals surface area contributed by atoms with Gasteiger partial charge in [-0.25, -0.2) is 10.9 Å². The van der Waals surface area contributed by atoms with E-state index in [-0.39, 0.29) is 11.1 Å². The molecular weight excluding hydrogens is 186 g/mol. The average Bonchev–Trinajstić information content (AvgIpc) is 2.31. The number of hydrogen-bond donors (Lipinski definition) is 2. The monoisotopic (exact) mass is 193 g/mol. The minimum atomic E-state index is -0.758. The SMILES string of the molecule is Cc1cc2c(c(=O)[nH]1)C(=O)N(N)C2=O. The van der Waals surface area contributed by atoms with E-state index in [1.165, 1.54) is 6.07 Å². The maximum atomic E-state index is 11.3. The molecule has 1 aromatic heterocycles. The summed E-state index contributed by atoms with van der Waals surface area (Å²) in [6.07, 6.45) is 0. The molecule has 0 radical (unpaired) electrons. The van der Waals surface area contributed by atoms with Crippen LogP contribution in [0.15, 0.2) is 10.9 Å². The van der Waals surface area contributed by atoms with Gasteiger partial charge in [-0.15, -0.1) is 0 Å². The normalized spacial score (nSPS) is 14.9. The molecule has 0 saturated heterocycles. The van der Waals surface area contributed by atoms with Gasteiger partial charge in [-0.3, -0.25) is 14.4 Å². The van der Waals surface area contributed by atoms with Crippen molar-refractivity contribution in [3.8, 4) is 0 Å². The number of hydrogen-bond acceptors (Lipinski definition) is 4. The number of fused-ring (bicyclic) bond motifs is 1. The number of H-pyrrole nitrogens is 1. The molecule has 0 saturated carbocycles. The van der Waals surface area contributed by atoms with E-state index < -0.39 is 17.4 Å². The van der Waals surface area contributed by atoms with Crippen LogP contribution in [0.2, 0.25) is 0 Å². The molecule has 0 aliphatic carbocycles. The number of hydrazine groups is 1. The van der Waals surface area contributed by atoms with E-state index in [4.69, 9.17) is 5.84 Å². The van der Waals surface area contributed by atoms with Gasteiger partial charge in [-0.1, -0.05) is 0 Å². The lowest BCUT2D eigenvalue weighted by atomic mass is 10.1. The number of pyridine rings is 1. The van der Waals surface area contributed by atoms with E-state index in [2.05, 4.69) is 4.98 Å². The molecule has 6 heteroatoms. The number of nitrogens with one attached hydrogen (secondary N) is 1. The quantitative estimate of drug-likeness (QED) is 0.318. The van der Waals surface area contributed by atoms with Crippen LogP contribution >= 0.6 is 0 Å². The van der Waals surface area contributed by atoms with Crippen molar-refractivity contribution in [3.63, 3.8) is 0 Å². The van der Waals surface area contributed by atoms with E-state index >= 15 is 0 Å². The Labute approximate surface area is 78.3 Å². The molecule has 0 spiro atoms. The van der Waals surface area contributed by atoms with Crippen LogP contribution in [0.4, 0.5) is 0 Å². The molecule has 1 aromatic rings. The second-order valence-corrected chi connectivity index (χ2v) is 3.05. The summed E-state index contributed by atoms with van der Waals surface area (Å²) in [5.41, 5.74) is -0.168. The summed E-state index contributed by atoms with van der Waals surface area (Å²) in [4.78, 5) is 36.4. The van der Waals surface area contributed by atoms with Crippen molar-refractivity contribution in [1.82, 2.24) is 9.99 Å². The molecular formula is C8H7N3O3. The highest BCUT2D eigenvalue weighted by Crippen LogP contribution is 2.16. The Morgan fingerprint density at radius 1 is 1.29 bits per heavy atom. The highest BCUT2D eigenvalue weighted by atomic mass is 16.2. The second kappa shape index (κ2) is 2.52. The van der Waals surface area contributed by atoms with Gasteiger partial charge in [0.15, 0.2) is 0 Å². The van der Waals surface area contributed by atoms with Gasteiger partial charge in [0.2, 0.25) is 0 Å². The zero-order valence-corrected chi connectivity index (χ0v) is 7.33. The molecule has 2 heterocycles. The number of rotatable bonds is 0. The van der Waals surface area contributed by atoms with Gasteiger partial charge in [0.25, 0.3) is 17.4 Å². The number of nitrogens with zero attached hydrogens (tertiary/aromatic N) is 1. The third-order valence-electron chi connectivity index (χ3n) is 2.05. The standard InChI is InChI=1S/C8H7N3O3/c1-3-2-4-5(6(12)10-3)8(14)11(9)7(4)13/h2H,9H2,1H3,(H,10,12). The van der Waals surface area contributed by atoms with Crippen molar-refractivity contribution in [2.45, 2.75) is 6.92 Å². The predicted octanol–water partition coefficient (Wildman–Crippen LogP) is -0.847. The largest absolute Gasteiger partial charge is 0.326 e. The van der Waals surface area contributed by atoms with E-state index in [9.17, 15) is 14.4 Å². The summed E-state index contributed by atoms with van der Waals surface area (Å²) in [6.45, 7) is 1.62. The number of carbonyl (C=O) groups is 2. The predicted molar refractivity (Wildman–Crippen MR) is 46.5 cm³/mol. The van der Waals surface area contributed by atoms with Crippen molar-refractivity contribution in [2.24, 2.45) is 5.84 Å². The van der Waals surface area contributed by atoms with Crippen LogP contribution in [-0.2, 0) is 0 Å².